The summed E-state index contributed by atoms with van der Waals surface area (Å²) in [7, 11) is 0. The molecule has 0 bridgehead atoms. The van der Waals surface area contributed by atoms with Gasteiger partial charge in [-0.3, -0.25) is 0 Å². The van der Waals surface area contributed by atoms with Crippen LogP contribution in [0.15, 0.2) is 24.3 Å². The predicted octanol–water partition coefficient (Wildman–Crippen LogP) is 3.98. The van der Waals surface area contributed by atoms with Crippen LogP contribution in [0.3, 0.4) is 0 Å². The number of hydrogen-bond acceptors (Lipinski definition) is 2. The standard InChI is InChI=1S/C16H26FNS/c1-13(2)11-18-12-15(8-9-19-3)10-14-4-6-16(17)7-5-14/h4-7,13,15,18H,8-12H2,1-3H3. The topological polar surface area (TPSA) is 12.0 Å². The van der Waals surface area contributed by atoms with Gasteiger partial charge < -0.3 is 5.32 Å². The first-order valence-electron chi connectivity index (χ1n) is 7.06. The van der Waals surface area contributed by atoms with E-state index in [0.717, 1.165) is 19.5 Å². The average Bonchev–Trinajstić information content (AvgIpc) is 2.38. The quantitative estimate of drug-likeness (QED) is 0.735. The lowest BCUT2D eigenvalue weighted by molar-refractivity contribution is 0.439. The molecule has 0 aromatic heterocycles. The fraction of sp³-hybridized carbons (Fsp3) is 0.625. The fourth-order valence-corrected chi connectivity index (χ4v) is 2.66. The van der Waals surface area contributed by atoms with E-state index >= 15 is 0 Å². The molecule has 3 heteroatoms. The van der Waals surface area contributed by atoms with Crippen molar-refractivity contribution < 1.29 is 4.39 Å². The van der Waals surface area contributed by atoms with Gasteiger partial charge in [-0.05, 0) is 67.5 Å². The van der Waals surface area contributed by atoms with Gasteiger partial charge in [0, 0.05) is 0 Å². The summed E-state index contributed by atoms with van der Waals surface area (Å²) in [5.41, 5.74) is 1.24. The van der Waals surface area contributed by atoms with Gasteiger partial charge in [0.2, 0.25) is 0 Å². The maximum absolute atomic E-state index is 12.9. The van der Waals surface area contributed by atoms with Gasteiger partial charge in [0.1, 0.15) is 5.82 Å². The monoisotopic (exact) mass is 283 g/mol. The van der Waals surface area contributed by atoms with Crippen molar-refractivity contribution in [1.29, 1.82) is 0 Å². The van der Waals surface area contributed by atoms with E-state index in [0.29, 0.717) is 11.8 Å². The number of hydrogen-bond donors (Lipinski definition) is 1. The van der Waals surface area contributed by atoms with Crippen LogP contribution in [0.4, 0.5) is 4.39 Å². The summed E-state index contributed by atoms with van der Waals surface area (Å²) in [6, 6.07) is 6.93. The molecule has 0 heterocycles. The van der Waals surface area contributed by atoms with Gasteiger partial charge in [-0.15, -0.1) is 0 Å². The van der Waals surface area contributed by atoms with Gasteiger partial charge in [-0.25, -0.2) is 4.39 Å². The molecule has 1 nitrogen and oxygen atoms in total. The minimum absolute atomic E-state index is 0.151. The summed E-state index contributed by atoms with van der Waals surface area (Å²) in [5.74, 6) is 2.36. The molecular weight excluding hydrogens is 257 g/mol. The molecule has 0 radical (unpaired) electrons. The van der Waals surface area contributed by atoms with E-state index in [1.165, 1.54) is 17.7 Å². The summed E-state index contributed by atoms with van der Waals surface area (Å²) in [4.78, 5) is 0. The van der Waals surface area contributed by atoms with Crippen LogP contribution in [0.2, 0.25) is 0 Å². The zero-order valence-electron chi connectivity index (χ0n) is 12.3. The fourth-order valence-electron chi connectivity index (χ4n) is 2.09. The number of nitrogens with one attached hydrogen (secondary N) is 1. The Balaban J connectivity index is 2.45. The summed E-state index contributed by atoms with van der Waals surface area (Å²) in [5, 5.41) is 3.54. The second-order valence-corrected chi connectivity index (χ2v) is 6.52. The molecule has 1 aromatic carbocycles. The third-order valence-corrected chi connectivity index (χ3v) is 3.80. The van der Waals surface area contributed by atoms with Gasteiger partial charge in [-0.1, -0.05) is 26.0 Å². The second-order valence-electron chi connectivity index (χ2n) is 5.53. The molecule has 0 fully saturated rings. The van der Waals surface area contributed by atoms with E-state index in [9.17, 15) is 4.39 Å². The van der Waals surface area contributed by atoms with Crippen molar-refractivity contribution in [3.05, 3.63) is 35.6 Å². The van der Waals surface area contributed by atoms with Crippen LogP contribution in [0.5, 0.6) is 0 Å². The molecule has 108 valence electrons. The Morgan fingerprint density at radius 1 is 1.16 bits per heavy atom. The van der Waals surface area contributed by atoms with E-state index < -0.39 is 0 Å². The van der Waals surface area contributed by atoms with Crippen LogP contribution in [-0.2, 0) is 6.42 Å². The third-order valence-electron chi connectivity index (χ3n) is 3.15. The molecule has 0 saturated heterocycles. The Labute approximate surface area is 121 Å². The molecule has 0 spiro atoms. The molecule has 0 aliphatic rings. The van der Waals surface area contributed by atoms with Gasteiger partial charge in [0.05, 0.1) is 0 Å². The van der Waals surface area contributed by atoms with Crippen molar-refractivity contribution in [2.24, 2.45) is 11.8 Å². The second kappa shape index (κ2) is 9.38. The first kappa shape index (κ1) is 16.5. The van der Waals surface area contributed by atoms with Crippen LogP contribution in [0, 0.1) is 17.7 Å². The molecule has 1 atom stereocenters. The minimum Gasteiger partial charge on any atom is -0.316 e. The van der Waals surface area contributed by atoms with Crippen LogP contribution < -0.4 is 5.32 Å². The van der Waals surface area contributed by atoms with Crippen LogP contribution in [0.1, 0.15) is 25.8 Å². The lowest BCUT2D eigenvalue weighted by Gasteiger charge is -2.18. The van der Waals surface area contributed by atoms with Crippen molar-refractivity contribution >= 4 is 11.8 Å². The SMILES string of the molecule is CSCCC(CNCC(C)C)Cc1ccc(F)cc1. The summed E-state index contributed by atoms with van der Waals surface area (Å²) >= 11 is 1.89. The normalized spacial score (nSPS) is 12.9. The van der Waals surface area contributed by atoms with E-state index in [1.807, 2.05) is 23.9 Å². The smallest absolute Gasteiger partial charge is 0.123 e. The lowest BCUT2D eigenvalue weighted by Crippen LogP contribution is -2.28. The van der Waals surface area contributed by atoms with E-state index in [4.69, 9.17) is 0 Å². The van der Waals surface area contributed by atoms with Crippen molar-refractivity contribution in [2.45, 2.75) is 26.7 Å². The Hall–Kier alpha value is -0.540. The Morgan fingerprint density at radius 3 is 2.42 bits per heavy atom. The van der Waals surface area contributed by atoms with Crippen molar-refractivity contribution in [3.63, 3.8) is 0 Å². The van der Waals surface area contributed by atoms with E-state index in [2.05, 4.69) is 25.4 Å². The minimum atomic E-state index is -0.151. The molecule has 1 N–H and O–H groups in total. The van der Waals surface area contributed by atoms with Crippen LogP contribution in [-0.4, -0.2) is 25.1 Å². The summed E-state index contributed by atoms with van der Waals surface area (Å²) in [6.45, 7) is 6.57. The first-order chi connectivity index (χ1) is 9.11. The van der Waals surface area contributed by atoms with Gasteiger partial charge >= 0.3 is 0 Å². The highest BCUT2D eigenvalue weighted by Crippen LogP contribution is 2.15. The maximum Gasteiger partial charge on any atom is 0.123 e. The van der Waals surface area contributed by atoms with Crippen molar-refractivity contribution in [3.8, 4) is 0 Å². The van der Waals surface area contributed by atoms with Gasteiger partial charge in [0.25, 0.3) is 0 Å². The van der Waals surface area contributed by atoms with Gasteiger partial charge in [-0.2, -0.15) is 11.8 Å². The van der Waals surface area contributed by atoms with E-state index in [-0.39, 0.29) is 5.82 Å². The maximum atomic E-state index is 12.9. The molecule has 0 amide bonds. The van der Waals surface area contributed by atoms with E-state index in [1.54, 1.807) is 12.1 Å². The molecule has 0 aliphatic heterocycles. The highest BCUT2D eigenvalue weighted by Gasteiger charge is 2.10. The molecule has 19 heavy (non-hydrogen) atoms. The Morgan fingerprint density at radius 2 is 1.84 bits per heavy atom. The average molecular weight is 283 g/mol. The van der Waals surface area contributed by atoms with Crippen LogP contribution in [0.25, 0.3) is 0 Å². The van der Waals surface area contributed by atoms with Crippen molar-refractivity contribution in [2.75, 3.05) is 25.1 Å². The van der Waals surface area contributed by atoms with Crippen molar-refractivity contribution in [1.82, 2.24) is 5.32 Å². The molecule has 0 aliphatic carbocycles. The predicted molar refractivity (Wildman–Crippen MR) is 84.3 cm³/mol. The summed E-state index contributed by atoms with van der Waals surface area (Å²) < 4.78 is 12.9. The highest BCUT2D eigenvalue weighted by molar-refractivity contribution is 7.98. The molecule has 1 rings (SSSR count). The number of benzene rings is 1. The third kappa shape index (κ3) is 7.58. The number of halogens is 1. The lowest BCUT2D eigenvalue weighted by atomic mass is 9.96. The molecule has 1 unspecified atom stereocenters. The van der Waals surface area contributed by atoms with Gasteiger partial charge in [0.15, 0.2) is 0 Å². The van der Waals surface area contributed by atoms with Crippen LogP contribution >= 0.6 is 11.8 Å². The Kier molecular flexibility index (Phi) is 8.15. The molecule has 0 saturated carbocycles. The largest absolute Gasteiger partial charge is 0.316 e. The summed E-state index contributed by atoms with van der Waals surface area (Å²) in [6.07, 6.45) is 4.39. The zero-order valence-corrected chi connectivity index (χ0v) is 13.1. The highest BCUT2D eigenvalue weighted by atomic mass is 32.2. The Bertz CT molecular complexity index is 337. The molecular formula is C16H26FNS. The zero-order chi connectivity index (χ0) is 14.1. The number of rotatable bonds is 9. The number of thioether (sulfide) groups is 1. The molecule has 1 aromatic rings. The first-order valence-corrected chi connectivity index (χ1v) is 8.45.